The molecule has 0 saturated heterocycles. The molecule has 162 valence electrons. The minimum Gasteiger partial charge on any atom is -0.489 e. The van der Waals surface area contributed by atoms with Gasteiger partial charge in [0.25, 0.3) is 5.91 Å². The molecule has 1 aliphatic rings. The Bertz CT molecular complexity index is 856. The maximum absolute atomic E-state index is 12.9. The number of amides is 2. The highest BCUT2D eigenvalue weighted by molar-refractivity contribution is 6.00. The van der Waals surface area contributed by atoms with Crippen LogP contribution in [0.4, 0.5) is 10.5 Å². The normalized spacial score (nSPS) is 15.9. The molecule has 0 radical (unpaired) electrons. The fraction of sp³-hybridized carbons (Fsp3) is 0.476. The van der Waals surface area contributed by atoms with Crippen LogP contribution in [-0.2, 0) is 9.53 Å². The van der Waals surface area contributed by atoms with Crippen molar-refractivity contribution in [2.24, 2.45) is 0 Å². The van der Waals surface area contributed by atoms with E-state index in [-0.39, 0.29) is 12.5 Å². The molecule has 1 aliphatic heterocycles. The summed E-state index contributed by atoms with van der Waals surface area (Å²) in [5.74, 6) is 0.196. The van der Waals surface area contributed by atoms with Crippen LogP contribution >= 0.6 is 0 Å². The van der Waals surface area contributed by atoms with E-state index in [1.807, 2.05) is 6.07 Å². The zero-order chi connectivity index (χ0) is 22.5. The lowest BCUT2D eigenvalue weighted by Gasteiger charge is -2.26. The number of carbonyl (C=O) groups excluding carboxylic acids is 2. The molecule has 0 aliphatic carbocycles. The molecule has 1 aromatic carbocycles. The summed E-state index contributed by atoms with van der Waals surface area (Å²) >= 11 is 0. The van der Waals surface area contributed by atoms with E-state index in [9.17, 15) is 9.59 Å². The van der Waals surface area contributed by atoms with Crippen LogP contribution in [0.3, 0.4) is 0 Å². The Morgan fingerprint density at radius 3 is 2.77 bits per heavy atom. The number of benzene rings is 1. The molecule has 1 aromatic rings. The molecular formula is C21H29N5O4. The molecule has 30 heavy (non-hydrogen) atoms. The van der Waals surface area contributed by atoms with Crippen LogP contribution in [0, 0.1) is 11.3 Å². The topological polar surface area (TPSA) is 107 Å². The van der Waals surface area contributed by atoms with E-state index in [0.717, 1.165) is 5.56 Å². The van der Waals surface area contributed by atoms with Gasteiger partial charge in [-0.15, -0.1) is 0 Å². The maximum atomic E-state index is 12.9. The first-order valence-electron chi connectivity index (χ1n) is 9.62. The minimum absolute atomic E-state index is 0.0134. The van der Waals surface area contributed by atoms with Crippen LogP contribution in [-0.4, -0.2) is 55.9 Å². The van der Waals surface area contributed by atoms with Gasteiger partial charge < -0.3 is 24.7 Å². The van der Waals surface area contributed by atoms with E-state index in [4.69, 9.17) is 14.7 Å². The molecule has 0 saturated carbocycles. The second-order valence-electron chi connectivity index (χ2n) is 7.82. The highest BCUT2D eigenvalue weighted by atomic mass is 16.6. The standard InChI is InChI=1S/C21H29N5O4/c1-14(26(23-5)11-7-10-22)15-8-9-18-17(12-15)25(6)19(27)16(13-29-18)24-20(28)30-21(2,3)4/h8-9,12,16,23H,1,7,11,13H2,2-6H3,(H,24,28)/t16-/m0/s1. The summed E-state index contributed by atoms with van der Waals surface area (Å²) < 4.78 is 11.0. The molecule has 0 fully saturated rings. The molecule has 9 heteroatoms. The molecule has 1 atom stereocenters. The summed E-state index contributed by atoms with van der Waals surface area (Å²) in [5.41, 5.74) is 4.31. The number of anilines is 1. The Labute approximate surface area is 177 Å². The van der Waals surface area contributed by atoms with Crippen molar-refractivity contribution >= 4 is 23.4 Å². The number of carbonyl (C=O) groups is 2. The van der Waals surface area contributed by atoms with Crippen molar-refractivity contribution in [2.45, 2.75) is 38.8 Å². The molecule has 2 amide bonds. The predicted molar refractivity (Wildman–Crippen MR) is 114 cm³/mol. The van der Waals surface area contributed by atoms with E-state index in [0.29, 0.717) is 30.1 Å². The highest BCUT2D eigenvalue weighted by Crippen LogP contribution is 2.33. The summed E-state index contributed by atoms with van der Waals surface area (Å²) in [7, 11) is 3.37. The van der Waals surface area contributed by atoms with Gasteiger partial charge in [-0.05, 0) is 39.0 Å². The van der Waals surface area contributed by atoms with Crippen molar-refractivity contribution < 1.29 is 19.1 Å². The summed E-state index contributed by atoms with van der Waals surface area (Å²) in [6.45, 7) is 9.79. The van der Waals surface area contributed by atoms with Gasteiger partial charge in [0.15, 0.2) is 0 Å². The van der Waals surface area contributed by atoms with Gasteiger partial charge in [-0.1, -0.05) is 6.58 Å². The molecule has 2 rings (SSSR count). The Balaban J connectivity index is 2.21. The number of hydrogen-bond donors (Lipinski definition) is 2. The van der Waals surface area contributed by atoms with Gasteiger partial charge in [0, 0.05) is 26.2 Å². The molecule has 1 heterocycles. The monoisotopic (exact) mass is 415 g/mol. The first kappa shape index (κ1) is 23.0. The number of hydrogen-bond acceptors (Lipinski definition) is 7. The number of ether oxygens (including phenoxy) is 2. The van der Waals surface area contributed by atoms with Gasteiger partial charge in [-0.3, -0.25) is 4.79 Å². The van der Waals surface area contributed by atoms with E-state index in [1.165, 1.54) is 4.90 Å². The number of fused-ring (bicyclic) bond motifs is 1. The third-order valence-corrected chi connectivity index (χ3v) is 4.42. The molecule has 0 spiro atoms. The van der Waals surface area contributed by atoms with Crippen LogP contribution < -0.4 is 20.4 Å². The number of rotatable bonds is 6. The van der Waals surface area contributed by atoms with Crippen molar-refractivity contribution in [3.05, 3.63) is 30.3 Å². The zero-order valence-corrected chi connectivity index (χ0v) is 18.1. The van der Waals surface area contributed by atoms with Crippen LogP contribution in [0.25, 0.3) is 5.70 Å². The Morgan fingerprint density at radius 2 is 2.17 bits per heavy atom. The Hall–Kier alpha value is -3.25. The van der Waals surface area contributed by atoms with E-state index in [2.05, 4.69) is 23.4 Å². The van der Waals surface area contributed by atoms with Gasteiger partial charge >= 0.3 is 6.09 Å². The van der Waals surface area contributed by atoms with Crippen molar-refractivity contribution in [3.63, 3.8) is 0 Å². The predicted octanol–water partition coefficient (Wildman–Crippen LogP) is 2.26. The number of nitriles is 1. The third kappa shape index (κ3) is 5.64. The number of nitrogens with zero attached hydrogens (tertiary/aromatic N) is 3. The molecule has 0 bridgehead atoms. The lowest BCUT2D eigenvalue weighted by molar-refractivity contribution is -0.120. The fourth-order valence-electron chi connectivity index (χ4n) is 2.93. The van der Waals surface area contributed by atoms with Gasteiger partial charge in [-0.2, -0.15) is 5.26 Å². The fourth-order valence-corrected chi connectivity index (χ4v) is 2.93. The molecule has 0 aromatic heterocycles. The Morgan fingerprint density at radius 1 is 1.47 bits per heavy atom. The molecule has 2 N–H and O–H groups in total. The average molecular weight is 415 g/mol. The van der Waals surface area contributed by atoms with Gasteiger partial charge in [0.1, 0.15) is 24.0 Å². The molecular weight excluding hydrogens is 386 g/mol. The zero-order valence-electron chi connectivity index (χ0n) is 18.1. The second kappa shape index (κ2) is 9.50. The maximum Gasteiger partial charge on any atom is 0.408 e. The first-order valence-corrected chi connectivity index (χ1v) is 9.62. The van der Waals surface area contributed by atoms with Crippen LogP contribution in [0.15, 0.2) is 24.8 Å². The van der Waals surface area contributed by atoms with Gasteiger partial charge in [0.05, 0.1) is 23.9 Å². The molecule has 9 nitrogen and oxygen atoms in total. The third-order valence-electron chi connectivity index (χ3n) is 4.42. The van der Waals surface area contributed by atoms with Gasteiger partial charge in [-0.25, -0.2) is 10.2 Å². The van der Waals surface area contributed by atoms with Crippen molar-refractivity contribution in [3.8, 4) is 11.8 Å². The van der Waals surface area contributed by atoms with Crippen molar-refractivity contribution in [2.75, 3.05) is 32.1 Å². The van der Waals surface area contributed by atoms with Crippen molar-refractivity contribution in [1.82, 2.24) is 15.8 Å². The lowest BCUT2D eigenvalue weighted by Crippen LogP contribution is -2.50. The second-order valence-corrected chi connectivity index (χ2v) is 7.82. The number of likely N-dealkylation sites (N-methyl/N-ethyl adjacent to an activating group) is 1. The minimum atomic E-state index is -0.881. The van der Waals surface area contributed by atoms with Crippen LogP contribution in [0.5, 0.6) is 5.75 Å². The first-order chi connectivity index (χ1) is 14.1. The van der Waals surface area contributed by atoms with E-state index in [1.54, 1.807) is 52.0 Å². The van der Waals surface area contributed by atoms with Crippen LogP contribution in [0.1, 0.15) is 32.8 Å². The lowest BCUT2D eigenvalue weighted by atomic mass is 10.1. The summed E-state index contributed by atoms with van der Waals surface area (Å²) in [6.07, 6.45) is -0.343. The smallest absolute Gasteiger partial charge is 0.408 e. The molecule has 0 unspecified atom stereocenters. The van der Waals surface area contributed by atoms with E-state index >= 15 is 0 Å². The van der Waals surface area contributed by atoms with Gasteiger partial charge in [0.2, 0.25) is 0 Å². The Kier molecular flexibility index (Phi) is 7.29. The van der Waals surface area contributed by atoms with Crippen LogP contribution in [0.2, 0.25) is 0 Å². The summed E-state index contributed by atoms with van der Waals surface area (Å²) in [6, 6.07) is 6.61. The van der Waals surface area contributed by atoms with E-state index < -0.39 is 17.7 Å². The number of hydrazine groups is 1. The SMILES string of the molecule is C=C(c1ccc2c(c1)N(C)C(=O)[C@@H](NC(=O)OC(C)(C)C)CO2)N(CCC#N)NC. The average Bonchev–Trinajstić information content (AvgIpc) is 2.79. The summed E-state index contributed by atoms with van der Waals surface area (Å²) in [5, 5.41) is 13.2. The highest BCUT2D eigenvalue weighted by Gasteiger charge is 2.32. The number of alkyl carbamates (subject to hydrolysis) is 1. The number of nitrogens with one attached hydrogen (secondary N) is 2. The summed E-state index contributed by atoms with van der Waals surface area (Å²) in [4.78, 5) is 26.5. The quantitative estimate of drug-likeness (QED) is 0.686. The largest absolute Gasteiger partial charge is 0.489 e. The van der Waals surface area contributed by atoms with Crippen molar-refractivity contribution in [1.29, 1.82) is 5.26 Å².